The van der Waals surface area contributed by atoms with E-state index < -0.39 is 0 Å². The number of amides is 3. The molecule has 1 aliphatic heterocycles. The quantitative estimate of drug-likeness (QED) is 0.446. The van der Waals surface area contributed by atoms with Crippen molar-refractivity contribution in [3.05, 3.63) is 82.9 Å². The molecular formula is C27H30N4O2. The van der Waals surface area contributed by atoms with Crippen LogP contribution in [0.4, 0.5) is 27.5 Å². The summed E-state index contributed by atoms with van der Waals surface area (Å²) in [5.41, 5.74) is 6.79. The average Bonchev–Trinajstić information content (AvgIpc) is 3.30. The first kappa shape index (κ1) is 22.4. The molecule has 0 saturated carbocycles. The zero-order valence-corrected chi connectivity index (χ0v) is 19.4. The van der Waals surface area contributed by atoms with E-state index in [0.29, 0.717) is 16.9 Å². The third-order valence-corrected chi connectivity index (χ3v) is 5.86. The molecule has 6 nitrogen and oxygen atoms in total. The van der Waals surface area contributed by atoms with Crippen molar-refractivity contribution in [1.82, 2.24) is 0 Å². The minimum absolute atomic E-state index is 0.182. The lowest BCUT2D eigenvalue weighted by atomic mass is 10.1. The van der Waals surface area contributed by atoms with Gasteiger partial charge in [-0.1, -0.05) is 35.4 Å². The molecule has 1 fully saturated rings. The monoisotopic (exact) mass is 442 g/mol. The summed E-state index contributed by atoms with van der Waals surface area (Å²) in [5, 5.41) is 8.89. The highest BCUT2D eigenvalue weighted by Gasteiger charge is 2.18. The lowest BCUT2D eigenvalue weighted by molar-refractivity contribution is 0.102. The molecule has 0 unspecified atom stereocenters. The fourth-order valence-corrected chi connectivity index (χ4v) is 4.17. The van der Waals surface area contributed by atoms with E-state index in [1.807, 2.05) is 75.4 Å². The van der Waals surface area contributed by atoms with Crippen LogP contribution in [0.5, 0.6) is 0 Å². The van der Waals surface area contributed by atoms with Crippen molar-refractivity contribution in [1.29, 1.82) is 0 Å². The summed E-state index contributed by atoms with van der Waals surface area (Å²) in [4.78, 5) is 27.8. The molecule has 0 spiro atoms. The fraction of sp³-hybridized carbons (Fsp3) is 0.259. The SMILES string of the molecule is Cc1cccc(C(=O)Nc2ccc(N3CCCC3)c(NC(=O)Nc3ccc(C)cc3C)c2)c1. The zero-order chi connectivity index (χ0) is 23.4. The van der Waals surface area contributed by atoms with Crippen LogP contribution >= 0.6 is 0 Å². The molecule has 3 aromatic carbocycles. The average molecular weight is 443 g/mol. The minimum atomic E-state index is -0.315. The molecule has 0 atom stereocenters. The summed E-state index contributed by atoms with van der Waals surface area (Å²) in [5.74, 6) is -0.182. The summed E-state index contributed by atoms with van der Waals surface area (Å²) >= 11 is 0. The maximum absolute atomic E-state index is 12.9. The molecule has 0 aromatic heterocycles. The molecule has 0 bridgehead atoms. The molecule has 33 heavy (non-hydrogen) atoms. The maximum atomic E-state index is 12.9. The largest absolute Gasteiger partial charge is 0.370 e. The first-order chi connectivity index (χ1) is 15.9. The van der Waals surface area contributed by atoms with Crippen LogP contribution in [0.25, 0.3) is 0 Å². The highest BCUT2D eigenvalue weighted by Crippen LogP contribution is 2.32. The number of carbonyl (C=O) groups excluding carboxylic acids is 2. The van der Waals surface area contributed by atoms with Crippen LogP contribution < -0.4 is 20.9 Å². The first-order valence-corrected chi connectivity index (χ1v) is 11.3. The summed E-state index contributed by atoms with van der Waals surface area (Å²) in [6.07, 6.45) is 2.25. The van der Waals surface area contributed by atoms with Gasteiger partial charge in [0.2, 0.25) is 0 Å². The van der Waals surface area contributed by atoms with Crippen molar-refractivity contribution < 1.29 is 9.59 Å². The molecule has 6 heteroatoms. The number of urea groups is 1. The van der Waals surface area contributed by atoms with Gasteiger partial charge in [0, 0.05) is 30.0 Å². The van der Waals surface area contributed by atoms with Crippen LogP contribution in [0.15, 0.2) is 60.7 Å². The summed E-state index contributed by atoms with van der Waals surface area (Å²) < 4.78 is 0. The highest BCUT2D eigenvalue weighted by atomic mass is 16.2. The molecular weight excluding hydrogens is 412 g/mol. The zero-order valence-electron chi connectivity index (χ0n) is 19.4. The van der Waals surface area contributed by atoms with Gasteiger partial charge in [0.1, 0.15) is 0 Å². The molecule has 3 N–H and O–H groups in total. The Labute approximate surface area is 195 Å². The first-order valence-electron chi connectivity index (χ1n) is 11.3. The van der Waals surface area contributed by atoms with Crippen LogP contribution in [0.3, 0.4) is 0 Å². The standard InChI is InChI=1S/C27H30N4O2/c1-18-7-6-8-21(16-18)26(32)28-22-10-12-25(31-13-4-5-14-31)24(17-22)30-27(33)29-23-11-9-19(2)15-20(23)3/h6-12,15-17H,4-5,13-14H2,1-3H3,(H,28,32)(H2,29,30,33). The number of hydrogen-bond donors (Lipinski definition) is 3. The van der Waals surface area contributed by atoms with Gasteiger partial charge in [-0.15, -0.1) is 0 Å². The molecule has 3 amide bonds. The van der Waals surface area contributed by atoms with E-state index in [2.05, 4.69) is 20.9 Å². The van der Waals surface area contributed by atoms with E-state index in [4.69, 9.17) is 0 Å². The van der Waals surface area contributed by atoms with E-state index in [0.717, 1.165) is 54.0 Å². The lowest BCUT2D eigenvalue weighted by Gasteiger charge is -2.23. The van der Waals surface area contributed by atoms with Crippen molar-refractivity contribution in [3.63, 3.8) is 0 Å². The van der Waals surface area contributed by atoms with Crippen LogP contribution in [-0.2, 0) is 0 Å². The van der Waals surface area contributed by atoms with Gasteiger partial charge in [0.25, 0.3) is 5.91 Å². The second-order valence-electron chi connectivity index (χ2n) is 8.65. The Morgan fingerprint density at radius 3 is 2.21 bits per heavy atom. The smallest absolute Gasteiger partial charge is 0.323 e. The van der Waals surface area contributed by atoms with Gasteiger partial charge in [0.05, 0.1) is 11.4 Å². The molecule has 1 heterocycles. The van der Waals surface area contributed by atoms with E-state index in [1.165, 1.54) is 0 Å². The second-order valence-corrected chi connectivity index (χ2v) is 8.65. The molecule has 170 valence electrons. The molecule has 3 aromatic rings. The second kappa shape index (κ2) is 9.77. The van der Waals surface area contributed by atoms with Gasteiger partial charge in [-0.25, -0.2) is 4.79 Å². The molecule has 0 radical (unpaired) electrons. The van der Waals surface area contributed by atoms with Gasteiger partial charge in [-0.3, -0.25) is 4.79 Å². The van der Waals surface area contributed by atoms with Gasteiger partial charge >= 0.3 is 6.03 Å². The number of carbonyl (C=O) groups is 2. The number of hydrogen-bond acceptors (Lipinski definition) is 3. The number of nitrogens with one attached hydrogen (secondary N) is 3. The predicted octanol–water partition coefficient (Wildman–Crippen LogP) is 6.11. The van der Waals surface area contributed by atoms with Crippen molar-refractivity contribution in [2.75, 3.05) is 33.9 Å². The number of aryl methyl sites for hydroxylation is 3. The Kier molecular flexibility index (Phi) is 6.63. The summed E-state index contributed by atoms with van der Waals surface area (Å²) in [6.45, 7) is 7.85. The molecule has 0 aliphatic carbocycles. The van der Waals surface area contributed by atoms with Crippen LogP contribution in [0.1, 0.15) is 39.9 Å². The van der Waals surface area contributed by atoms with E-state index in [-0.39, 0.29) is 11.9 Å². The number of nitrogens with zero attached hydrogens (tertiary/aromatic N) is 1. The van der Waals surface area contributed by atoms with E-state index in [9.17, 15) is 9.59 Å². The Hall–Kier alpha value is -3.80. The Morgan fingerprint density at radius 1 is 0.758 bits per heavy atom. The maximum Gasteiger partial charge on any atom is 0.323 e. The van der Waals surface area contributed by atoms with Gasteiger partial charge in [-0.2, -0.15) is 0 Å². The van der Waals surface area contributed by atoms with Crippen LogP contribution in [-0.4, -0.2) is 25.0 Å². The fourth-order valence-electron chi connectivity index (χ4n) is 4.17. The number of benzene rings is 3. The third-order valence-electron chi connectivity index (χ3n) is 5.86. The van der Waals surface area contributed by atoms with Crippen LogP contribution in [0.2, 0.25) is 0 Å². The van der Waals surface area contributed by atoms with Gasteiger partial charge < -0.3 is 20.9 Å². The van der Waals surface area contributed by atoms with Crippen molar-refractivity contribution in [2.24, 2.45) is 0 Å². The minimum Gasteiger partial charge on any atom is -0.370 e. The lowest BCUT2D eigenvalue weighted by Crippen LogP contribution is -2.24. The molecule has 1 aliphatic rings. The number of anilines is 4. The highest BCUT2D eigenvalue weighted by molar-refractivity contribution is 6.06. The normalized spacial score (nSPS) is 13.0. The Morgan fingerprint density at radius 2 is 1.48 bits per heavy atom. The summed E-state index contributed by atoms with van der Waals surface area (Å²) in [6, 6.07) is 18.7. The van der Waals surface area contributed by atoms with Gasteiger partial charge in [0.15, 0.2) is 0 Å². The Balaban J connectivity index is 1.56. The third kappa shape index (κ3) is 5.52. The topological polar surface area (TPSA) is 73.5 Å². The van der Waals surface area contributed by atoms with E-state index in [1.54, 1.807) is 6.07 Å². The predicted molar refractivity (Wildman–Crippen MR) is 136 cm³/mol. The van der Waals surface area contributed by atoms with Gasteiger partial charge in [-0.05, 0) is 75.6 Å². The Bertz CT molecular complexity index is 1180. The molecule has 4 rings (SSSR count). The molecule has 1 saturated heterocycles. The van der Waals surface area contributed by atoms with E-state index >= 15 is 0 Å². The van der Waals surface area contributed by atoms with Crippen molar-refractivity contribution in [2.45, 2.75) is 33.6 Å². The summed E-state index contributed by atoms with van der Waals surface area (Å²) in [7, 11) is 0. The van der Waals surface area contributed by atoms with Crippen molar-refractivity contribution in [3.8, 4) is 0 Å². The number of rotatable bonds is 5. The van der Waals surface area contributed by atoms with Crippen LogP contribution in [0, 0.1) is 20.8 Å². The van der Waals surface area contributed by atoms with Crippen molar-refractivity contribution >= 4 is 34.7 Å².